The monoisotopic (exact) mass is 396 g/mol. The Morgan fingerprint density at radius 1 is 0.931 bits per heavy atom. The van der Waals surface area contributed by atoms with Gasteiger partial charge in [0, 0.05) is 30.8 Å². The van der Waals surface area contributed by atoms with E-state index in [1.54, 1.807) is 48.2 Å². The number of hydrogen-bond donors (Lipinski definition) is 1. The molecular weight excluding hydrogens is 368 g/mol. The number of carbonyl (C=O) groups is 3. The lowest BCUT2D eigenvalue weighted by molar-refractivity contribution is -0.118. The topological polar surface area (TPSA) is 75.7 Å². The van der Waals surface area contributed by atoms with Crippen molar-refractivity contribution < 1.29 is 19.1 Å². The van der Waals surface area contributed by atoms with Gasteiger partial charge in [0.2, 0.25) is 0 Å². The molecule has 6 nitrogen and oxygen atoms in total. The smallest absolute Gasteiger partial charge is 0.262 e. The Hall–Kier alpha value is -3.15. The Balaban J connectivity index is 1.83. The molecule has 0 radical (unpaired) electrons. The molecule has 0 saturated carbocycles. The molecular formula is C23H28N2O4. The van der Waals surface area contributed by atoms with Crippen molar-refractivity contribution in [1.29, 1.82) is 0 Å². The van der Waals surface area contributed by atoms with Crippen LogP contribution in [0, 0.1) is 0 Å². The van der Waals surface area contributed by atoms with E-state index in [2.05, 4.69) is 5.32 Å². The zero-order valence-corrected chi connectivity index (χ0v) is 17.2. The third-order valence-corrected chi connectivity index (χ3v) is 4.53. The van der Waals surface area contributed by atoms with Crippen LogP contribution in [0.3, 0.4) is 0 Å². The number of aryl methyl sites for hydroxylation is 1. The molecule has 0 aromatic heterocycles. The molecule has 1 N–H and O–H groups in total. The molecule has 2 aromatic rings. The molecule has 0 atom stereocenters. The van der Waals surface area contributed by atoms with Crippen LogP contribution in [0.25, 0.3) is 0 Å². The van der Waals surface area contributed by atoms with Crippen molar-refractivity contribution in [2.24, 2.45) is 0 Å². The summed E-state index contributed by atoms with van der Waals surface area (Å²) in [6.45, 7) is 6.65. The molecule has 0 aliphatic carbocycles. The molecule has 0 aliphatic rings. The number of ketones is 1. The quantitative estimate of drug-likeness (QED) is 0.664. The van der Waals surface area contributed by atoms with Crippen molar-refractivity contribution in [3.05, 3.63) is 59.7 Å². The SMILES string of the molecule is CCN(CC)C(=O)c1ccc(NC(=O)COc2ccc(CCC(C)=O)cc2)cc1. The Bertz CT molecular complexity index is 825. The Labute approximate surface area is 171 Å². The molecule has 0 heterocycles. The first-order valence-corrected chi connectivity index (χ1v) is 9.83. The highest BCUT2D eigenvalue weighted by Gasteiger charge is 2.12. The highest BCUT2D eigenvalue weighted by atomic mass is 16.5. The van der Waals surface area contributed by atoms with Gasteiger partial charge >= 0.3 is 0 Å². The third-order valence-electron chi connectivity index (χ3n) is 4.53. The van der Waals surface area contributed by atoms with Crippen molar-refractivity contribution in [2.75, 3.05) is 25.0 Å². The maximum absolute atomic E-state index is 12.3. The molecule has 0 aliphatic heterocycles. The molecule has 29 heavy (non-hydrogen) atoms. The van der Waals surface area contributed by atoms with Crippen LogP contribution < -0.4 is 10.1 Å². The molecule has 0 spiro atoms. The molecule has 0 unspecified atom stereocenters. The van der Waals surface area contributed by atoms with E-state index in [4.69, 9.17) is 4.74 Å². The Kier molecular flexibility index (Phi) is 8.40. The van der Waals surface area contributed by atoms with Crippen LogP contribution in [0.2, 0.25) is 0 Å². The van der Waals surface area contributed by atoms with Gasteiger partial charge in [0.05, 0.1) is 0 Å². The zero-order valence-electron chi connectivity index (χ0n) is 17.2. The van der Waals surface area contributed by atoms with Crippen molar-refractivity contribution in [1.82, 2.24) is 4.90 Å². The highest BCUT2D eigenvalue weighted by molar-refractivity contribution is 5.96. The van der Waals surface area contributed by atoms with Crippen LogP contribution >= 0.6 is 0 Å². The third kappa shape index (κ3) is 7.07. The number of anilines is 1. The lowest BCUT2D eigenvalue weighted by atomic mass is 10.1. The number of Topliss-reactive ketones (excluding diaryl/α,β-unsaturated/α-hetero) is 1. The number of benzene rings is 2. The van der Waals surface area contributed by atoms with E-state index in [0.717, 1.165) is 5.56 Å². The summed E-state index contributed by atoms with van der Waals surface area (Å²) < 4.78 is 5.50. The zero-order chi connectivity index (χ0) is 21.2. The van der Waals surface area contributed by atoms with Gasteiger partial charge in [0.1, 0.15) is 11.5 Å². The largest absolute Gasteiger partial charge is 0.484 e. The minimum Gasteiger partial charge on any atom is -0.484 e. The predicted molar refractivity (Wildman–Crippen MR) is 113 cm³/mol. The van der Waals surface area contributed by atoms with Crippen LogP contribution in [-0.4, -0.2) is 42.2 Å². The normalized spacial score (nSPS) is 10.3. The van der Waals surface area contributed by atoms with Gasteiger partial charge in [-0.3, -0.25) is 9.59 Å². The summed E-state index contributed by atoms with van der Waals surface area (Å²) in [6.07, 6.45) is 1.21. The molecule has 154 valence electrons. The van der Waals surface area contributed by atoms with Gasteiger partial charge < -0.3 is 19.7 Å². The van der Waals surface area contributed by atoms with Gasteiger partial charge in [-0.2, -0.15) is 0 Å². The van der Waals surface area contributed by atoms with Gasteiger partial charge in [-0.1, -0.05) is 12.1 Å². The van der Waals surface area contributed by atoms with Gasteiger partial charge in [-0.05, 0) is 69.2 Å². The van der Waals surface area contributed by atoms with Crippen LogP contribution in [0.4, 0.5) is 5.69 Å². The van der Waals surface area contributed by atoms with E-state index in [0.29, 0.717) is 42.9 Å². The fraction of sp³-hybridized carbons (Fsp3) is 0.348. The number of hydrogen-bond acceptors (Lipinski definition) is 4. The van der Waals surface area contributed by atoms with Gasteiger partial charge in [0.25, 0.3) is 11.8 Å². The van der Waals surface area contributed by atoms with Gasteiger partial charge in [-0.15, -0.1) is 0 Å². The molecule has 2 amide bonds. The average Bonchev–Trinajstić information content (AvgIpc) is 2.73. The number of rotatable bonds is 10. The summed E-state index contributed by atoms with van der Waals surface area (Å²) in [7, 11) is 0. The van der Waals surface area contributed by atoms with Gasteiger partial charge in [-0.25, -0.2) is 0 Å². The standard InChI is InChI=1S/C23H28N2O4/c1-4-25(5-2)23(28)19-10-12-20(13-11-19)24-22(27)16-29-21-14-8-18(9-15-21)7-6-17(3)26/h8-15H,4-7,16H2,1-3H3,(H,24,27). The number of nitrogens with zero attached hydrogens (tertiary/aromatic N) is 1. The fourth-order valence-electron chi connectivity index (χ4n) is 2.81. The van der Waals surface area contributed by atoms with E-state index in [-0.39, 0.29) is 24.2 Å². The molecule has 0 bridgehead atoms. The summed E-state index contributed by atoms with van der Waals surface area (Å²) in [5.41, 5.74) is 2.25. The summed E-state index contributed by atoms with van der Waals surface area (Å²) in [5, 5.41) is 2.75. The van der Waals surface area contributed by atoms with Crippen molar-refractivity contribution >= 4 is 23.3 Å². The summed E-state index contributed by atoms with van der Waals surface area (Å²) >= 11 is 0. The first kappa shape index (κ1) is 22.1. The van der Waals surface area contributed by atoms with Crippen LogP contribution in [0.5, 0.6) is 5.75 Å². The van der Waals surface area contributed by atoms with E-state index >= 15 is 0 Å². The molecule has 2 rings (SSSR count). The number of amides is 2. The Morgan fingerprint density at radius 3 is 2.10 bits per heavy atom. The number of ether oxygens (including phenoxy) is 1. The van der Waals surface area contributed by atoms with E-state index in [1.807, 2.05) is 26.0 Å². The van der Waals surface area contributed by atoms with Crippen molar-refractivity contribution in [3.63, 3.8) is 0 Å². The molecule has 0 fully saturated rings. The fourth-order valence-corrected chi connectivity index (χ4v) is 2.81. The second-order valence-corrected chi connectivity index (χ2v) is 6.74. The Morgan fingerprint density at radius 2 is 1.55 bits per heavy atom. The number of nitrogens with one attached hydrogen (secondary N) is 1. The molecule has 0 saturated heterocycles. The van der Waals surface area contributed by atoms with Gasteiger partial charge in [0.15, 0.2) is 6.61 Å². The van der Waals surface area contributed by atoms with E-state index in [9.17, 15) is 14.4 Å². The lowest BCUT2D eigenvalue weighted by Gasteiger charge is -2.18. The average molecular weight is 396 g/mol. The second kappa shape index (κ2) is 11.0. The summed E-state index contributed by atoms with van der Waals surface area (Å²) in [5.74, 6) is 0.441. The summed E-state index contributed by atoms with van der Waals surface area (Å²) in [6, 6.07) is 14.2. The first-order valence-electron chi connectivity index (χ1n) is 9.83. The van der Waals surface area contributed by atoms with E-state index in [1.165, 1.54) is 0 Å². The molecule has 6 heteroatoms. The highest BCUT2D eigenvalue weighted by Crippen LogP contribution is 2.15. The van der Waals surface area contributed by atoms with Crippen LogP contribution in [0.1, 0.15) is 43.1 Å². The first-order chi connectivity index (χ1) is 13.9. The van der Waals surface area contributed by atoms with Crippen LogP contribution in [-0.2, 0) is 16.0 Å². The number of carbonyl (C=O) groups excluding carboxylic acids is 3. The van der Waals surface area contributed by atoms with Crippen molar-refractivity contribution in [2.45, 2.75) is 33.6 Å². The molecule has 2 aromatic carbocycles. The summed E-state index contributed by atoms with van der Waals surface area (Å²) in [4.78, 5) is 37.2. The van der Waals surface area contributed by atoms with E-state index < -0.39 is 0 Å². The maximum Gasteiger partial charge on any atom is 0.262 e. The second-order valence-electron chi connectivity index (χ2n) is 6.74. The van der Waals surface area contributed by atoms with Crippen molar-refractivity contribution in [3.8, 4) is 5.75 Å². The maximum atomic E-state index is 12.3. The predicted octanol–water partition coefficient (Wildman–Crippen LogP) is 3.71. The minimum absolute atomic E-state index is 0.0250. The van der Waals surface area contributed by atoms with Crippen LogP contribution in [0.15, 0.2) is 48.5 Å². The minimum atomic E-state index is -0.284. The lowest BCUT2D eigenvalue weighted by Crippen LogP contribution is -2.30.